The standard InChI is InChI=1S/C16H20N2O3/c1-10(2)15-14(11(3)18-21-15)16(19)17-13-7-5-6-12(8-13)9-20-4/h5-8,10H,9H2,1-4H3,(H,17,19). The maximum Gasteiger partial charge on any atom is 0.261 e. The summed E-state index contributed by atoms with van der Waals surface area (Å²) in [5.74, 6) is 0.511. The van der Waals surface area contributed by atoms with E-state index >= 15 is 0 Å². The molecule has 0 radical (unpaired) electrons. The van der Waals surface area contributed by atoms with Crippen molar-refractivity contribution in [2.24, 2.45) is 0 Å². The highest BCUT2D eigenvalue weighted by molar-refractivity contribution is 6.05. The van der Waals surface area contributed by atoms with E-state index in [0.717, 1.165) is 11.3 Å². The highest BCUT2D eigenvalue weighted by Gasteiger charge is 2.22. The molecule has 0 saturated carbocycles. The number of carbonyl (C=O) groups excluding carboxylic acids is 1. The smallest absolute Gasteiger partial charge is 0.261 e. The van der Waals surface area contributed by atoms with Crippen LogP contribution in [0.4, 0.5) is 5.69 Å². The number of rotatable bonds is 5. The van der Waals surface area contributed by atoms with Gasteiger partial charge in [0, 0.05) is 18.7 Å². The van der Waals surface area contributed by atoms with Gasteiger partial charge in [0.05, 0.1) is 12.3 Å². The minimum absolute atomic E-state index is 0.103. The molecular formula is C16H20N2O3. The lowest BCUT2D eigenvalue weighted by Crippen LogP contribution is -2.15. The summed E-state index contributed by atoms with van der Waals surface area (Å²) in [4.78, 5) is 12.4. The number of hydrogen-bond donors (Lipinski definition) is 1. The molecule has 1 aromatic carbocycles. The van der Waals surface area contributed by atoms with Crippen molar-refractivity contribution in [3.05, 3.63) is 46.8 Å². The number of methoxy groups -OCH3 is 1. The van der Waals surface area contributed by atoms with Crippen LogP contribution in [0.5, 0.6) is 0 Å². The van der Waals surface area contributed by atoms with Crippen LogP contribution in [0.1, 0.15) is 47.1 Å². The first-order valence-corrected chi connectivity index (χ1v) is 6.88. The lowest BCUT2D eigenvalue weighted by atomic mass is 10.0. The highest BCUT2D eigenvalue weighted by atomic mass is 16.5. The second-order valence-electron chi connectivity index (χ2n) is 5.25. The highest BCUT2D eigenvalue weighted by Crippen LogP contribution is 2.23. The molecule has 0 aliphatic rings. The van der Waals surface area contributed by atoms with Gasteiger partial charge in [-0.2, -0.15) is 0 Å². The number of benzene rings is 1. The minimum Gasteiger partial charge on any atom is -0.380 e. The minimum atomic E-state index is -0.202. The molecule has 1 aromatic heterocycles. The molecule has 0 fully saturated rings. The third-order valence-corrected chi connectivity index (χ3v) is 3.14. The molecule has 2 rings (SSSR count). The van der Waals surface area contributed by atoms with Crippen LogP contribution in [0.15, 0.2) is 28.8 Å². The van der Waals surface area contributed by atoms with Crippen LogP contribution in [-0.2, 0) is 11.3 Å². The number of hydrogen-bond acceptors (Lipinski definition) is 4. The third-order valence-electron chi connectivity index (χ3n) is 3.14. The van der Waals surface area contributed by atoms with Gasteiger partial charge in [0.15, 0.2) is 5.76 Å². The molecule has 0 atom stereocenters. The van der Waals surface area contributed by atoms with Crippen LogP contribution in [0.3, 0.4) is 0 Å². The van der Waals surface area contributed by atoms with Crippen molar-refractivity contribution < 1.29 is 14.1 Å². The zero-order valence-electron chi connectivity index (χ0n) is 12.8. The molecule has 5 nitrogen and oxygen atoms in total. The Kier molecular flexibility index (Phi) is 4.75. The zero-order chi connectivity index (χ0) is 15.4. The van der Waals surface area contributed by atoms with E-state index in [1.807, 2.05) is 38.1 Å². The van der Waals surface area contributed by atoms with Crippen molar-refractivity contribution in [3.8, 4) is 0 Å². The van der Waals surface area contributed by atoms with Gasteiger partial charge in [0.1, 0.15) is 5.56 Å². The molecule has 0 aliphatic heterocycles. The SMILES string of the molecule is COCc1cccc(NC(=O)c2c(C)noc2C(C)C)c1. The predicted molar refractivity (Wildman–Crippen MR) is 80.4 cm³/mol. The number of nitrogens with one attached hydrogen (secondary N) is 1. The molecule has 112 valence electrons. The molecular weight excluding hydrogens is 268 g/mol. The van der Waals surface area contributed by atoms with Gasteiger partial charge < -0.3 is 14.6 Å². The van der Waals surface area contributed by atoms with Gasteiger partial charge in [-0.1, -0.05) is 31.1 Å². The first-order valence-electron chi connectivity index (χ1n) is 6.88. The fourth-order valence-corrected chi connectivity index (χ4v) is 2.16. The Morgan fingerprint density at radius 3 is 2.86 bits per heavy atom. The first kappa shape index (κ1) is 15.3. The summed E-state index contributed by atoms with van der Waals surface area (Å²) in [6.07, 6.45) is 0. The molecule has 2 aromatic rings. The summed E-state index contributed by atoms with van der Waals surface area (Å²) in [6.45, 7) is 6.21. The molecule has 0 spiro atoms. The largest absolute Gasteiger partial charge is 0.380 e. The van der Waals surface area contributed by atoms with Crippen LogP contribution in [0.2, 0.25) is 0 Å². The maximum atomic E-state index is 12.4. The maximum absolute atomic E-state index is 12.4. The van der Waals surface area contributed by atoms with Gasteiger partial charge >= 0.3 is 0 Å². The van der Waals surface area contributed by atoms with E-state index in [2.05, 4.69) is 10.5 Å². The van der Waals surface area contributed by atoms with Gasteiger partial charge in [-0.15, -0.1) is 0 Å². The molecule has 0 bridgehead atoms. The Morgan fingerprint density at radius 2 is 2.19 bits per heavy atom. The molecule has 1 heterocycles. The van der Waals surface area contributed by atoms with E-state index in [1.54, 1.807) is 14.0 Å². The Balaban J connectivity index is 2.22. The second kappa shape index (κ2) is 6.54. The quantitative estimate of drug-likeness (QED) is 0.914. The zero-order valence-corrected chi connectivity index (χ0v) is 12.8. The van der Waals surface area contributed by atoms with Crippen molar-refractivity contribution in [1.82, 2.24) is 5.16 Å². The van der Waals surface area contributed by atoms with Crippen LogP contribution in [0.25, 0.3) is 0 Å². The number of aromatic nitrogens is 1. The molecule has 1 amide bonds. The van der Waals surface area contributed by atoms with Crippen LogP contribution >= 0.6 is 0 Å². The summed E-state index contributed by atoms with van der Waals surface area (Å²) in [5.41, 5.74) is 2.85. The normalized spacial score (nSPS) is 10.9. The second-order valence-corrected chi connectivity index (χ2v) is 5.25. The van der Waals surface area contributed by atoms with Crippen molar-refractivity contribution in [2.45, 2.75) is 33.3 Å². The number of anilines is 1. The van der Waals surface area contributed by atoms with Gasteiger partial charge in [-0.3, -0.25) is 4.79 Å². The number of carbonyl (C=O) groups is 1. The lowest BCUT2D eigenvalue weighted by molar-refractivity contribution is 0.102. The summed E-state index contributed by atoms with van der Waals surface area (Å²) in [5, 5.41) is 6.78. The summed E-state index contributed by atoms with van der Waals surface area (Å²) in [6, 6.07) is 7.56. The van der Waals surface area contributed by atoms with E-state index in [1.165, 1.54) is 0 Å². The van der Waals surface area contributed by atoms with Crippen molar-refractivity contribution in [1.29, 1.82) is 0 Å². The average molecular weight is 288 g/mol. The third kappa shape index (κ3) is 3.49. The van der Waals surface area contributed by atoms with Gasteiger partial charge in [0.2, 0.25) is 0 Å². The van der Waals surface area contributed by atoms with Crippen LogP contribution < -0.4 is 5.32 Å². The molecule has 0 saturated heterocycles. The van der Waals surface area contributed by atoms with Crippen LogP contribution in [0, 0.1) is 6.92 Å². The van der Waals surface area contributed by atoms with Gasteiger partial charge in [-0.05, 0) is 24.6 Å². The predicted octanol–water partition coefficient (Wildman–Crippen LogP) is 3.51. The van der Waals surface area contributed by atoms with E-state index in [4.69, 9.17) is 9.26 Å². The molecule has 0 aliphatic carbocycles. The van der Waals surface area contributed by atoms with Gasteiger partial charge in [0.25, 0.3) is 5.91 Å². The monoisotopic (exact) mass is 288 g/mol. The fourth-order valence-electron chi connectivity index (χ4n) is 2.16. The van der Waals surface area contributed by atoms with E-state index < -0.39 is 0 Å². The van der Waals surface area contributed by atoms with Crippen molar-refractivity contribution >= 4 is 11.6 Å². The average Bonchev–Trinajstić information content (AvgIpc) is 2.81. The van der Waals surface area contributed by atoms with Crippen molar-refractivity contribution in [3.63, 3.8) is 0 Å². The van der Waals surface area contributed by atoms with Crippen LogP contribution in [-0.4, -0.2) is 18.2 Å². The lowest BCUT2D eigenvalue weighted by Gasteiger charge is -2.08. The van der Waals surface area contributed by atoms with E-state index in [0.29, 0.717) is 23.6 Å². The first-order chi connectivity index (χ1) is 10.0. The topological polar surface area (TPSA) is 64.4 Å². The fraction of sp³-hybridized carbons (Fsp3) is 0.375. The summed E-state index contributed by atoms with van der Waals surface area (Å²) in [7, 11) is 1.64. The number of ether oxygens (including phenoxy) is 1. The Labute approximate surface area is 124 Å². The molecule has 1 N–H and O–H groups in total. The Morgan fingerprint density at radius 1 is 1.43 bits per heavy atom. The molecule has 21 heavy (non-hydrogen) atoms. The van der Waals surface area contributed by atoms with Crippen molar-refractivity contribution in [2.75, 3.05) is 12.4 Å². The number of nitrogens with zero attached hydrogens (tertiary/aromatic N) is 1. The number of aryl methyl sites for hydroxylation is 1. The molecule has 5 heteroatoms. The Hall–Kier alpha value is -2.14. The van der Waals surface area contributed by atoms with E-state index in [9.17, 15) is 4.79 Å². The van der Waals surface area contributed by atoms with E-state index in [-0.39, 0.29) is 11.8 Å². The molecule has 0 unspecified atom stereocenters. The van der Waals surface area contributed by atoms with Gasteiger partial charge in [-0.25, -0.2) is 0 Å². The Bertz CT molecular complexity index is 632. The number of amides is 1. The summed E-state index contributed by atoms with van der Waals surface area (Å²) < 4.78 is 10.3. The summed E-state index contributed by atoms with van der Waals surface area (Å²) >= 11 is 0.